The highest BCUT2D eigenvalue weighted by Crippen LogP contribution is 2.34. The molecule has 0 atom stereocenters. The van der Waals surface area contributed by atoms with Gasteiger partial charge in [-0.3, -0.25) is 0 Å². The fraction of sp³-hybridized carbons (Fsp3) is 0.217. The third kappa shape index (κ3) is 3.36. The summed E-state index contributed by atoms with van der Waals surface area (Å²) in [6, 6.07) is 21.4. The van der Waals surface area contributed by atoms with E-state index in [4.69, 9.17) is 4.98 Å². The lowest BCUT2D eigenvalue weighted by molar-refractivity contribution is 0.311. The SMILES string of the molecule is Br.CN1CCN(c2nccc(-c3cc4ccccc4c4ccccc34)n2)CC1. The minimum Gasteiger partial charge on any atom is -0.338 e. The van der Waals surface area contributed by atoms with Gasteiger partial charge in [-0.2, -0.15) is 0 Å². The van der Waals surface area contributed by atoms with Crippen LogP contribution >= 0.6 is 17.0 Å². The van der Waals surface area contributed by atoms with Gasteiger partial charge in [0.1, 0.15) is 0 Å². The van der Waals surface area contributed by atoms with Gasteiger partial charge in [0.2, 0.25) is 5.95 Å². The fourth-order valence-corrected chi connectivity index (χ4v) is 3.92. The number of hydrogen-bond donors (Lipinski definition) is 0. The average Bonchev–Trinajstić information content (AvgIpc) is 2.74. The van der Waals surface area contributed by atoms with Crippen LogP contribution in [0.4, 0.5) is 5.95 Å². The molecule has 1 fully saturated rings. The molecule has 3 aromatic carbocycles. The zero-order valence-corrected chi connectivity index (χ0v) is 17.6. The number of hydrogen-bond acceptors (Lipinski definition) is 4. The Labute approximate surface area is 175 Å². The number of fused-ring (bicyclic) bond motifs is 3. The zero-order chi connectivity index (χ0) is 18.2. The maximum atomic E-state index is 4.94. The lowest BCUT2D eigenvalue weighted by Gasteiger charge is -2.32. The predicted octanol–water partition coefficient (Wildman–Crippen LogP) is 4.78. The van der Waals surface area contributed by atoms with Crippen molar-refractivity contribution in [3.8, 4) is 11.3 Å². The molecule has 5 heteroatoms. The highest BCUT2D eigenvalue weighted by atomic mass is 79.9. The third-order valence-electron chi connectivity index (χ3n) is 5.47. The fourth-order valence-electron chi connectivity index (χ4n) is 3.92. The summed E-state index contributed by atoms with van der Waals surface area (Å²) in [5.74, 6) is 0.831. The lowest BCUT2D eigenvalue weighted by Crippen LogP contribution is -2.45. The number of aromatic nitrogens is 2. The Balaban J connectivity index is 0.00000192. The maximum absolute atomic E-state index is 4.94. The Kier molecular flexibility index (Phi) is 5.29. The smallest absolute Gasteiger partial charge is 0.225 e. The Morgan fingerprint density at radius 1 is 0.786 bits per heavy atom. The number of piperazine rings is 1. The molecule has 0 N–H and O–H groups in total. The zero-order valence-electron chi connectivity index (χ0n) is 15.9. The van der Waals surface area contributed by atoms with Gasteiger partial charge in [0.05, 0.1) is 5.69 Å². The van der Waals surface area contributed by atoms with Crippen molar-refractivity contribution in [2.24, 2.45) is 0 Å². The van der Waals surface area contributed by atoms with Crippen molar-refractivity contribution in [1.82, 2.24) is 14.9 Å². The number of nitrogens with zero attached hydrogens (tertiary/aromatic N) is 4. The summed E-state index contributed by atoms with van der Waals surface area (Å²) in [7, 11) is 2.16. The standard InChI is InChI=1S/C23H22N4.BrH/c1-26-12-14-27(15-13-26)23-24-11-10-22(25-23)21-16-17-6-2-3-7-18(17)19-8-4-5-9-20(19)21;/h2-11,16H,12-15H2,1H3;1H. The van der Waals surface area contributed by atoms with E-state index in [0.717, 1.165) is 37.8 Å². The first-order valence-electron chi connectivity index (χ1n) is 9.47. The van der Waals surface area contributed by atoms with Gasteiger partial charge in [-0.1, -0.05) is 48.5 Å². The second-order valence-electron chi connectivity index (χ2n) is 7.22. The monoisotopic (exact) mass is 434 g/mol. The van der Waals surface area contributed by atoms with E-state index in [1.165, 1.54) is 27.1 Å². The predicted molar refractivity (Wildman–Crippen MR) is 123 cm³/mol. The molecule has 28 heavy (non-hydrogen) atoms. The molecule has 0 aliphatic carbocycles. The summed E-state index contributed by atoms with van der Waals surface area (Å²) in [5, 5.41) is 5.03. The minimum atomic E-state index is 0. The molecular weight excluding hydrogens is 412 g/mol. The summed E-state index contributed by atoms with van der Waals surface area (Å²) in [6.07, 6.45) is 1.89. The van der Waals surface area contributed by atoms with Crippen LogP contribution in [-0.2, 0) is 0 Å². The van der Waals surface area contributed by atoms with Gasteiger partial charge in [-0.25, -0.2) is 9.97 Å². The third-order valence-corrected chi connectivity index (χ3v) is 5.47. The molecule has 1 aromatic heterocycles. The number of rotatable bonds is 2. The Morgan fingerprint density at radius 3 is 2.25 bits per heavy atom. The van der Waals surface area contributed by atoms with Crippen molar-refractivity contribution in [3.05, 3.63) is 66.9 Å². The second kappa shape index (κ2) is 7.86. The molecule has 1 aliphatic heterocycles. The lowest BCUT2D eigenvalue weighted by atomic mass is 9.95. The van der Waals surface area contributed by atoms with Crippen LogP contribution in [0.2, 0.25) is 0 Å². The first-order valence-corrected chi connectivity index (χ1v) is 9.47. The largest absolute Gasteiger partial charge is 0.338 e. The quantitative estimate of drug-likeness (QED) is 0.425. The van der Waals surface area contributed by atoms with Gasteiger partial charge in [0.15, 0.2) is 0 Å². The van der Waals surface area contributed by atoms with Crippen LogP contribution in [0.5, 0.6) is 0 Å². The molecule has 1 saturated heterocycles. The van der Waals surface area contributed by atoms with Gasteiger partial charge in [-0.15, -0.1) is 17.0 Å². The second-order valence-corrected chi connectivity index (χ2v) is 7.22. The topological polar surface area (TPSA) is 32.3 Å². The molecule has 0 spiro atoms. The molecule has 1 aliphatic rings. The molecule has 142 valence electrons. The van der Waals surface area contributed by atoms with Gasteiger partial charge < -0.3 is 9.80 Å². The van der Waals surface area contributed by atoms with E-state index in [9.17, 15) is 0 Å². The molecule has 0 bridgehead atoms. The van der Waals surface area contributed by atoms with Crippen molar-refractivity contribution in [3.63, 3.8) is 0 Å². The van der Waals surface area contributed by atoms with Crippen molar-refractivity contribution in [2.45, 2.75) is 0 Å². The molecule has 2 heterocycles. The minimum absolute atomic E-state index is 0. The molecule has 4 nitrogen and oxygen atoms in total. The van der Waals surface area contributed by atoms with Gasteiger partial charge in [0, 0.05) is 37.9 Å². The van der Waals surface area contributed by atoms with E-state index in [1.807, 2.05) is 12.3 Å². The Morgan fingerprint density at radius 2 is 1.46 bits per heavy atom. The van der Waals surface area contributed by atoms with Crippen molar-refractivity contribution in [1.29, 1.82) is 0 Å². The van der Waals surface area contributed by atoms with Crippen molar-refractivity contribution in [2.75, 3.05) is 38.1 Å². The molecular formula is C23H23BrN4. The normalized spacial score (nSPS) is 15.0. The number of halogens is 1. The van der Waals surface area contributed by atoms with Crippen LogP contribution in [-0.4, -0.2) is 48.1 Å². The van der Waals surface area contributed by atoms with Gasteiger partial charge >= 0.3 is 0 Å². The molecule has 5 rings (SSSR count). The molecule has 0 amide bonds. The van der Waals surface area contributed by atoms with E-state index >= 15 is 0 Å². The molecule has 0 radical (unpaired) electrons. The number of likely N-dealkylation sites (N-methyl/N-ethyl adjacent to an activating group) is 1. The van der Waals surface area contributed by atoms with Gasteiger partial charge in [0.25, 0.3) is 0 Å². The summed E-state index contributed by atoms with van der Waals surface area (Å²) in [4.78, 5) is 14.1. The Hall–Kier alpha value is -2.50. The van der Waals surface area contributed by atoms with E-state index in [2.05, 4.69) is 76.4 Å². The Bertz CT molecular complexity index is 1120. The van der Waals surface area contributed by atoms with E-state index in [1.54, 1.807) is 0 Å². The van der Waals surface area contributed by atoms with E-state index in [-0.39, 0.29) is 17.0 Å². The van der Waals surface area contributed by atoms with Gasteiger partial charge in [-0.05, 0) is 40.7 Å². The van der Waals surface area contributed by atoms with Crippen LogP contribution in [0.3, 0.4) is 0 Å². The van der Waals surface area contributed by atoms with E-state index < -0.39 is 0 Å². The summed E-state index contributed by atoms with van der Waals surface area (Å²) >= 11 is 0. The van der Waals surface area contributed by atoms with Crippen molar-refractivity contribution >= 4 is 44.5 Å². The van der Waals surface area contributed by atoms with Crippen LogP contribution in [0.1, 0.15) is 0 Å². The first kappa shape index (κ1) is 18.8. The van der Waals surface area contributed by atoms with Crippen LogP contribution < -0.4 is 4.90 Å². The molecule has 4 aromatic rings. The van der Waals surface area contributed by atoms with Crippen LogP contribution in [0.25, 0.3) is 32.8 Å². The van der Waals surface area contributed by atoms with E-state index in [0.29, 0.717) is 0 Å². The summed E-state index contributed by atoms with van der Waals surface area (Å²) < 4.78 is 0. The van der Waals surface area contributed by atoms with Crippen LogP contribution in [0.15, 0.2) is 66.9 Å². The maximum Gasteiger partial charge on any atom is 0.225 e. The van der Waals surface area contributed by atoms with Crippen LogP contribution in [0, 0.1) is 0 Å². The van der Waals surface area contributed by atoms with Crippen molar-refractivity contribution < 1.29 is 0 Å². The highest BCUT2D eigenvalue weighted by Gasteiger charge is 2.17. The molecule has 0 saturated carbocycles. The summed E-state index contributed by atoms with van der Waals surface area (Å²) in [6.45, 7) is 4.04. The summed E-state index contributed by atoms with van der Waals surface area (Å²) in [5.41, 5.74) is 2.16. The highest BCUT2D eigenvalue weighted by molar-refractivity contribution is 8.93. The number of anilines is 1. The first-order chi connectivity index (χ1) is 13.3. The molecule has 0 unspecified atom stereocenters. The average molecular weight is 435 g/mol. The number of benzene rings is 3.